The quantitative estimate of drug-likeness (QED) is 0.567. The summed E-state index contributed by atoms with van der Waals surface area (Å²) in [6.07, 6.45) is 0. The van der Waals surface area contributed by atoms with Crippen LogP contribution in [0.5, 0.6) is 5.75 Å². The molecule has 0 bridgehead atoms. The summed E-state index contributed by atoms with van der Waals surface area (Å²) in [5, 5.41) is 3.24. The Balaban J connectivity index is 2.64. The van der Waals surface area contributed by atoms with Crippen molar-refractivity contribution in [3.05, 3.63) is 23.5 Å². The highest BCUT2D eigenvalue weighted by atomic mass is 16.7. The zero-order chi connectivity index (χ0) is 11.8. The molecule has 0 aliphatic heterocycles. The van der Waals surface area contributed by atoms with E-state index in [0.717, 1.165) is 30.2 Å². The number of aryl methyl sites for hydroxylation is 1. The van der Waals surface area contributed by atoms with Crippen LogP contribution in [0.3, 0.4) is 0 Å². The smallest absolute Gasteiger partial charge is 0.189 e. The number of hydrogen-bond donors (Lipinski definition) is 1. The van der Waals surface area contributed by atoms with E-state index in [1.54, 1.807) is 0 Å². The molecule has 0 unspecified atom stereocenters. The Bertz CT molecular complexity index is 316. The fourth-order valence-electron chi connectivity index (χ4n) is 1.29. The molecule has 1 aromatic rings. The minimum absolute atomic E-state index is 0.278. The third-order valence-electron chi connectivity index (χ3n) is 2.12. The van der Waals surface area contributed by atoms with Crippen LogP contribution in [0.2, 0.25) is 0 Å². The van der Waals surface area contributed by atoms with Crippen molar-refractivity contribution in [3.8, 4) is 5.75 Å². The van der Waals surface area contributed by atoms with Crippen LogP contribution in [0.25, 0.3) is 0 Å². The number of nitrogens with one attached hydrogen (secondary N) is 1. The highest BCUT2D eigenvalue weighted by molar-refractivity contribution is 5.29. The van der Waals surface area contributed by atoms with E-state index in [-0.39, 0.29) is 6.79 Å². The lowest BCUT2D eigenvalue weighted by atomic mass is 10.3. The second-order valence-electron chi connectivity index (χ2n) is 3.43. The monoisotopic (exact) mass is 224 g/mol. The van der Waals surface area contributed by atoms with E-state index in [1.807, 2.05) is 26.0 Å². The molecule has 0 aliphatic carbocycles. The predicted octanol–water partition coefficient (Wildman–Crippen LogP) is 1.87. The van der Waals surface area contributed by atoms with Crippen LogP contribution < -0.4 is 10.1 Å². The second-order valence-corrected chi connectivity index (χ2v) is 3.43. The average molecular weight is 224 g/mol. The van der Waals surface area contributed by atoms with Crippen molar-refractivity contribution in [2.75, 3.05) is 19.9 Å². The maximum absolute atomic E-state index is 5.50. The van der Waals surface area contributed by atoms with Crippen molar-refractivity contribution in [3.63, 3.8) is 0 Å². The molecular formula is C12H20N2O2. The van der Waals surface area contributed by atoms with Crippen molar-refractivity contribution >= 4 is 0 Å². The lowest BCUT2D eigenvalue weighted by molar-refractivity contribution is 0.0215. The molecule has 0 radical (unpaired) electrons. The topological polar surface area (TPSA) is 43.4 Å². The van der Waals surface area contributed by atoms with Crippen LogP contribution in [0, 0.1) is 6.92 Å². The number of hydrogen-bond acceptors (Lipinski definition) is 4. The summed E-state index contributed by atoms with van der Waals surface area (Å²) in [5.41, 5.74) is 1.93. The highest BCUT2D eigenvalue weighted by Gasteiger charge is 2.05. The van der Waals surface area contributed by atoms with Crippen LogP contribution in [0.4, 0.5) is 0 Å². The number of nitrogens with zero attached hydrogens (tertiary/aromatic N) is 1. The van der Waals surface area contributed by atoms with Gasteiger partial charge in [-0.2, -0.15) is 0 Å². The standard InChI is InChI=1S/C12H20N2O2/c1-4-13-8-11-12(16-9-15-5-2)7-6-10(3)14-11/h6-7,13H,4-5,8-9H2,1-3H3. The van der Waals surface area contributed by atoms with Crippen molar-refractivity contribution in [2.45, 2.75) is 27.3 Å². The van der Waals surface area contributed by atoms with E-state index in [1.165, 1.54) is 0 Å². The maximum Gasteiger partial charge on any atom is 0.189 e. The number of pyridine rings is 1. The fourth-order valence-corrected chi connectivity index (χ4v) is 1.29. The third kappa shape index (κ3) is 4.16. The van der Waals surface area contributed by atoms with Gasteiger partial charge in [-0.25, -0.2) is 0 Å². The first-order valence-corrected chi connectivity index (χ1v) is 5.65. The molecule has 1 rings (SSSR count). The van der Waals surface area contributed by atoms with Crippen molar-refractivity contribution < 1.29 is 9.47 Å². The Labute approximate surface area is 97.0 Å². The van der Waals surface area contributed by atoms with Crippen LogP contribution in [-0.2, 0) is 11.3 Å². The summed E-state index contributed by atoms with van der Waals surface area (Å²) < 4.78 is 10.7. The maximum atomic E-state index is 5.50. The molecule has 90 valence electrons. The predicted molar refractivity (Wildman–Crippen MR) is 63.5 cm³/mol. The zero-order valence-corrected chi connectivity index (χ0v) is 10.2. The summed E-state index contributed by atoms with van der Waals surface area (Å²) in [6, 6.07) is 3.88. The first-order chi connectivity index (χ1) is 7.77. The highest BCUT2D eigenvalue weighted by Crippen LogP contribution is 2.16. The summed E-state index contributed by atoms with van der Waals surface area (Å²) in [5.74, 6) is 0.792. The molecule has 0 amide bonds. The first kappa shape index (κ1) is 12.9. The Morgan fingerprint density at radius 3 is 2.81 bits per heavy atom. The SMILES string of the molecule is CCNCc1nc(C)ccc1OCOCC. The molecule has 16 heavy (non-hydrogen) atoms. The summed E-state index contributed by atoms with van der Waals surface area (Å²) >= 11 is 0. The minimum atomic E-state index is 0.278. The molecule has 0 atom stereocenters. The molecule has 0 saturated carbocycles. The van der Waals surface area contributed by atoms with Gasteiger partial charge < -0.3 is 14.8 Å². The van der Waals surface area contributed by atoms with Gasteiger partial charge in [0.25, 0.3) is 0 Å². The van der Waals surface area contributed by atoms with Gasteiger partial charge in [-0.3, -0.25) is 4.98 Å². The molecule has 0 fully saturated rings. The molecule has 0 spiro atoms. The van der Waals surface area contributed by atoms with Gasteiger partial charge in [0, 0.05) is 18.8 Å². The fraction of sp³-hybridized carbons (Fsp3) is 0.583. The van der Waals surface area contributed by atoms with Gasteiger partial charge in [0.05, 0.1) is 5.69 Å². The van der Waals surface area contributed by atoms with Crippen molar-refractivity contribution in [1.29, 1.82) is 0 Å². The van der Waals surface area contributed by atoms with Gasteiger partial charge in [-0.05, 0) is 32.5 Å². The normalized spacial score (nSPS) is 10.4. The Hall–Kier alpha value is -1.13. The van der Waals surface area contributed by atoms with Gasteiger partial charge in [0.15, 0.2) is 6.79 Å². The van der Waals surface area contributed by atoms with E-state index in [2.05, 4.69) is 17.2 Å². The number of rotatable bonds is 7. The van der Waals surface area contributed by atoms with E-state index in [9.17, 15) is 0 Å². The van der Waals surface area contributed by atoms with E-state index in [0.29, 0.717) is 6.61 Å². The Morgan fingerprint density at radius 1 is 1.31 bits per heavy atom. The summed E-state index contributed by atoms with van der Waals surface area (Å²) in [4.78, 5) is 4.45. The molecule has 0 aromatic carbocycles. The number of ether oxygens (including phenoxy) is 2. The van der Waals surface area contributed by atoms with Gasteiger partial charge in [0.2, 0.25) is 0 Å². The summed E-state index contributed by atoms with van der Waals surface area (Å²) in [7, 11) is 0. The van der Waals surface area contributed by atoms with Gasteiger partial charge >= 0.3 is 0 Å². The molecule has 4 nitrogen and oxygen atoms in total. The zero-order valence-electron chi connectivity index (χ0n) is 10.2. The van der Waals surface area contributed by atoms with Gasteiger partial charge in [-0.15, -0.1) is 0 Å². The Morgan fingerprint density at radius 2 is 2.12 bits per heavy atom. The first-order valence-electron chi connectivity index (χ1n) is 5.65. The third-order valence-corrected chi connectivity index (χ3v) is 2.12. The lowest BCUT2D eigenvalue weighted by Gasteiger charge is -2.11. The molecular weight excluding hydrogens is 204 g/mol. The second kappa shape index (κ2) is 7.19. The Kier molecular flexibility index (Phi) is 5.82. The van der Waals surface area contributed by atoms with Crippen LogP contribution in [0.1, 0.15) is 25.2 Å². The van der Waals surface area contributed by atoms with E-state index < -0.39 is 0 Å². The molecule has 4 heteroatoms. The van der Waals surface area contributed by atoms with Crippen molar-refractivity contribution in [2.24, 2.45) is 0 Å². The van der Waals surface area contributed by atoms with Gasteiger partial charge in [0.1, 0.15) is 5.75 Å². The van der Waals surface area contributed by atoms with E-state index >= 15 is 0 Å². The van der Waals surface area contributed by atoms with E-state index in [4.69, 9.17) is 9.47 Å². The average Bonchev–Trinajstić information content (AvgIpc) is 2.29. The van der Waals surface area contributed by atoms with Crippen LogP contribution in [0.15, 0.2) is 12.1 Å². The minimum Gasteiger partial charge on any atom is -0.466 e. The lowest BCUT2D eigenvalue weighted by Crippen LogP contribution is -2.15. The largest absolute Gasteiger partial charge is 0.466 e. The van der Waals surface area contributed by atoms with Crippen LogP contribution >= 0.6 is 0 Å². The van der Waals surface area contributed by atoms with Crippen molar-refractivity contribution in [1.82, 2.24) is 10.3 Å². The molecule has 1 heterocycles. The summed E-state index contributed by atoms with van der Waals surface area (Å²) in [6.45, 7) is 8.55. The molecule has 1 aromatic heterocycles. The number of aromatic nitrogens is 1. The molecule has 0 saturated heterocycles. The molecule has 0 aliphatic rings. The van der Waals surface area contributed by atoms with Crippen LogP contribution in [-0.4, -0.2) is 24.9 Å². The van der Waals surface area contributed by atoms with Gasteiger partial charge in [-0.1, -0.05) is 6.92 Å². The molecule has 1 N–H and O–H groups in total.